The van der Waals surface area contributed by atoms with Crippen molar-refractivity contribution in [2.24, 2.45) is 17.4 Å². The monoisotopic (exact) mass is 543 g/mol. The minimum atomic E-state index is -1.33. The van der Waals surface area contributed by atoms with Crippen molar-refractivity contribution in [3.05, 3.63) is 54.1 Å². The van der Waals surface area contributed by atoms with Crippen molar-refractivity contribution >= 4 is 29.6 Å². The number of amides is 4. The van der Waals surface area contributed by atoms with Gasteiger partial charge in [-0.15, -0.1) is 0 Å². The highest BCUT2D eigenvalue weighted by Gasteiger charge is 2.32. The van der Waals surface area contributed by atoms with E-state index in [2.05, 4.69) is 25.9 Å². The van der Waals surface area contributed by atoms with Crippen LogP contribution in [-0.4, -0.2) is 68.8 Å². The summed E-state index contributed by atoms with van der Waals surface area (Å²) in [5.41, 5.74) is 12.7. The van der Waals surface area contributed by atoms with E-state index in [1.807, 2.05) is 37.3 Å². The van der Waals surface area contributed by atoms with Gasteiger partial charge in [0.1, 0.15) is 18.1 Å². The maximum absolute atomic E-state index is 13.3. The van der Waals surface area contributed by atoms with Gasteiger partial charge in [0.15, 0.2) is 0 Å². The molecule has 212 valence electrons. The first kappa shape index (κ1) is 31.0. The molecule has 9 N–H and O–H groups in total. The fraction of sp³-hybridized carbons (Fsp3) is 0.462. The van der Waals surface area contributed by atoms with Crippen molar-refractivity contribution in [1.29, 1.82) is 0 Å². The molecule has 5 unspecified atom stereocenters. The van der Waals surface area contributed by atoms with Gasteiger partial charge in [-0.3, -0.25) is 19.2 Å². The van der Waals surface area contributed by atoms with Crippen LogP contribution in [0.1, 0.15) is 44.4 Å². The number of aromatic amines is 1. The molecule has 1 heterocycles. The molecule has 4 amide bonds. The normalized spacial score (nSPS) is 14.7. The molecule has 0 bridgehead atoms. The lowest BCUT2D eigenvalue weighted by Gasteiger charge is -2.28. The van der Waals surface area contributed by atoms with Gasteiger partial charge in [0.2, 0.25) is 23.6 Å². The number of aliphatic carboxylic acids is 1. The number of imidazole rings is 1. The van der Waals surface area contributed by atoms with Crippen molar-refractivity contribution in [2.75, 3.05) is 0 Å². The van der Waals surface area contributed by atoms with Gasteiger partial charge in [0.05, 0.1) is 12.4 Å². The Balaban J connectivity index is 2.14. The lowest BCUT2D eigenvalue weighted by molar-refractivity contribution is -0.142. The Bertz CT molecular complexity index is 1110. The molecule has 0 spiro atoms. The number of nitrogens with two attached hydrogens (primary N) is 2. The number of aromatic nitrogens is 2. The summed E-state index contributed by atoms with van der Waals surface area (Å²) in [6.07, 6.45) is 3.10. The highest BCUT2D eigenvalue weighted by molar-refractivity contribution is 5.94. The predicted octanol–water partition coefficient (Wildman–Crippen LogP) is -0.627. The van der Waals surface area contributed by atoms with Crippen molar-refractivity contribution in [3.8, 4) is 0 Å². The van der Waals surface area contributed by atoms with E-state index in [9.17, 15) is 29.1 Å². The Kier molecular flexibility index (Phi) is 12.1. The van der Waals surface area contributed by atoms with Crippen LogP contribution in [0.4, 0.5) is 0 Å². The van der Waals surface area contributed by atoms with E-state index in [4.69, 9.17) is 11.5 Å². The predicted molar refractivity (Wildman–Crippen MR) is 142 cm³/mol. The molecule has 0 saturated heterocycles. The summed E-state index contributed by atoms with van der Waals surface area (Å²) in [5, 5.41) is 17.2. The largest absolute Gasteiger partial charge is 0.480 e. The summed E-state index contributed by atoms with van der Waals surface area (Å²) in [6, 6.07) is 4.62. The van der Waals surface area contributed by atoms with Crippen LogP contribution >= 0.6 is 0 Å². The first-order chi connectivity index (χ1) is 18.5. The standard InChI is InChI=1S/C26H37N7O6/c1-3-15(2)22(33-23(35)18(27)11-16-7-5-4-6-8-16)25(37)31-19(9-10-21(28)34)24(36)32-20(26(38)39)12-17-13-29-14-30-17/h4-8,13-15,18-20,22H,3,9-12,27H2,1-2H3,(H2,28,34)(H,29,30)(H,31,37)(H,32,36)(H,33,35)(H,38,39). The zero-order valence-corrected chi connectivity index (χ0v) is 22.1. The van der Waals surface area contributed by atoms with Gasteiger partial charge >= 0.3 is 5.97 Å². The van der Waals surface area contributed by atoms with Crippen LogP contribution in [0.5, 0.6) is 0 Å². The minimum Gasteiger partial charge on any atom is -0.480 e. The quantitative estimate of drug-likeness (QED) is 0.144. The lowest BCUT2D eigenvalue weighted by Crippen LogP contribution is -2.59. The number of carboxylic acid groups (broad SMARTS) is 1. The van der Waals surface area contributed by atoms with Crippen LogP contribution in [0.3, 0.4) is 0 Å². The van der Waals surface area contributed by atoms with Gasteiger partial charge in [-0.25, -0.2) is 9.78 Å². The lowest BCUT2D eigenvalue weighted by atomic mass is 9.96. The molecule has 39 heavy (non-hydrogen) atoms. The van der Waals surface area contributed by atoms with Gasteiger partial charge in [-0.05, 0) is 24.3 Å². The molecular formula is C26H37N7O6. The Morgan fingerprint density at radius 1 is 0.974 bits per heavy atom. The summed E-state index contributed by atoms with van der Waals surface area (Å²) in [5.74, 6) is -4.35. The van der Waals surface area contributed by atoms with Gasteiger partial charge in [0.25, 0.3) is 0 Å². The molecule has 0 aliphatic rings. The van der Waals surface area contributed by atoms with Gasteiger partial charge in [-0.2, -0.15) is 0 Å². The molecular weight excluding hydrogens is 506 g/mol. The molecule has 0 aliphatic heterocycles. The molecule has 0 aliphatic carbocycles. The van der Waals surface area contributed by atoms with E-state index >= 15 is 0 Å². The Morgan fingerprint density at radius 2 is 1.64 bits per heavy atom. The number of primary amides is 1. The van der Waals surface area contributed by atoms with E-state index in [-0.39, 0.29) is 31.6 Å². The second-order valence-corrected chi connectivity index (χ2v) is 9.41. The van der Waals surface area contributed by atoms with Crippen molar-refractivity contribution < 1.29 is 29.1 Å². The molecule has 0 saturated carbocycles. The Hall–Kier alpha value is -4.26. The fourth-order valence-corrected chi connectivity index (χ4v) is 3.83. The van der Waals surface area contributed by atoms with Crippen molar-refractivity contribution in [2.45, 2.75) is 70.1 Å². The van der Waals surface area contributed by atoms with E-state index in [1.54, 1.807) is 6.92 Å². The minimum absolute atomic E-state index is 0.0809. The van der Waals surface area contributed by atoms with Crippen molar-refractivity contribution in [3.63, 3.8) is 0 Å². The van der Waals surface area contributed by atoms with E-state index in [1.165, 1.54) is 12.5 Å². The molecule has 2 rings (SSSR count). The molecule has 0 radical (unpaired) electrons. The first-order valence-corrected chi connectivity index (χ1v) is 12.7. The smallest absolute Gasteiger partial charge is 0.326 e. The third-order valence-electron chi connectivity index (χ3n) is 6.33. The molecule has 13 nitrogen and oxygen atoms in total. The van der Waals surface area contributed by atoms with Crippen LogP contribution in [0.15, 0.2) is 42.9 Å². The molecule has 0 fully saturated rings. The first-order valence-electron chi connectivity index (χ1n) is 12.7. The topological polar surface area (TPSA) is 222 Å². The van der Waals surface area contributed by atoms with Crippen LogP contribution in [0, 0.1) is 5.92 Å². The van der Waals surface area contributed by atoms with Gasteiger partial charge in [-0.1, -0.05) is 50.6 Å². The Morgan fingerprint density at radius 3 is 2.21 bits per heavy atom. The summed E-state index contributed by atoms with van der Waals surface area (Å²) < 4.78 is 0. The highest BCUT2D eigenvalue weighted by atomic mass is 16.4. The zero-order chi connectivity index (χ0) is 28.9. The van der Waals surface area contributed by atoms with Crippen LogP contribution in [0.25, 0.3) is 0 Å². The average Bonchev–Trinajstić information content (AvgIpc) is 3.42. The molecule has 13 heteroatoms. The molecule has 1 aromatic heterocycles. The molecule has 2 aromatic rings. The molecule has 1 aromatic carbocycles. The fourth-order valence-electron chi connectivity index (χ4n) is 3.83. The van der Waals surface area contributed by atoms with Crippen molar-refractivity contribution in [1.82, 2.24) is 25.9 Å². The maximum Gasteiger partial charge on any atom is 0.326 e. The summed E-state index contributed by atoms with van der Waals surface area (Å²) in [4.78, 5) is 69.0. The third-order valence-corrected chi connectivity index (χ3v) is 6.33. The number of carbonyl (C=O) groups excluding carboxylic acids is 4. The number of carboxylic acids is 1. The highest BCUT2D eigenvalue weighted by Crippen LogP contribution is 2.11. The van der Waals surface area contributed by atoms with Crippen LogP contribution in [0.2, 0.25) is 0 Å². The number of carbonyl (C=O) groups is 5. The summed E-state index contributed by atoms with van der Waals surface area (Å²) in [7, 11) is 0. The molecule has 5 atom stereocenters. The zero-order valence-electron chi connectivity index (χ0n) is 22.1. The number of hydrogen-bond donors (Lipinski definition) is 7. The SMILES string of the molecule is CCC(C)C(NC(=O)C(N)Cc1ccccc1)C(=O)NC(CCC(N)=O)C(=O)NC(Cc1cnc[nH]1)C(=O)O. The third kappa shape index (κ3) is 10.2. The number of H-pyrrole nitrogens is 1. The number of rotatable bonds is 16. The summed E-state index contributed by atoms with van der Waals surface area (Å²) >= 11 is 0. The van der Waals surface area contributed by atoms with E-state index < -0.39 is 53.8 Å². The second kappa shape index (κ2) is 15.2. The second-order valence-electron chi connectivity index (χ2n) is 9.41. The number of nitrogens with zero attached hydrogens (tertiary/aromatic N) is 1. The van der Waals surface area contributed by atoms with Gasteiger partial charge in [0, 0.05) is 24.7 Å². The average molecular weight is 544 g/mol. The number of nitrogens with one attached hydrogen (secondary N) is 4. The maximum atomic E-state index is 13.3. The van der Waals surface area contributed by atoms with Gasteiger partial charge < -0.3 is 37.5 Å². The summed E-state index contributed by atoms with van der Waals surface area (Å²) in [6.45, 7) is 3.60. The van der Waals surface area contributed by atoms with E-state index in [0.717, 1.165) is 5.56 Å². The Labute approximate surface area is 226 Å². The number of benzene rings is 1. The van der Waals surface area contributed by atoms with E-state index in [0.29, 0.717) is 12.1 Å². The van der Waals surface area contributed by atoms with Crippen LogP contribution < -0.4 is 27.4 Å². The van der Waals surface area contributed by atoms with Crippen LogP contribution in [-0.2, 0) is 36.8 Å². The number of hydrogen-bond acceptors (Lipinski definition) is 7.